The second-order valence-electron chi connectivity index (χ2n) is 4.99. The largest absolute Gasteiger partial charge is 0.386 e. The molecule has 0 radical (unpaired) electrons. The number of ether oxygens (including phenoxy) is 1. The first kappa shape index (κ1) is 13.1. The number of aliphatic hydroxyl groups is 1. The Morgan fingerprint density at radius 1 is 1.25 bits per heavy atom. The molecule has 3 heteroatoms. The molecular weight excluding hydrogens is 207 g/mol. The number of methoxy groups -OCH3 is 1. The summed E-state index contributed by atoms with van der Waals surface area (Å²) in [4.78, 5) is 0. The van der Waals surface area contributed by atoms with Crippen LogP contribution in [0.25, 0.3) is 0 Å². The highest BCUT2D eigenvalue weighted by atomic mass is 19.1. The fourth-order valence-corrected chi connectivity index (χ4v) is 1.83. The van der Waals surface area contributed by atoms with Crippen molar-refractivity contribution in [2.45, 2.75) is 33.0 Å². The van der Waals surface area contributed by atoms with E-state index >= 15 is 0 Å². The Bertz CT molecular complexity index is 344. The molecule has 0 aromatic heterocycles. The summed E-state index contributed by atoms with van der Waals surface area (Å²) in [5, 5.41) is 10.1. The van der Waals surface area contributed by atoms with Crippen molar-refractivity contribution in [3.8, 4) is 0 Å². The van der Waals surface area contributed by atoms with Crippen LogP contribution >= 0.6 is 0 Å². The highest BCUT2D eigenvalue weighted by molar-refractivity contribution is 5.21. The maximum atomic E-state index is 13.5. The Kier molecular flexibility index (Phi) is 4.05. The molecule has 0 heterocycles. The molecule has 1 aromatic carbocycles. The quantitative estimate of drug-likeness (QED) is 0.858. The smallest absolute Gasteiger partial charge is 0.129 e. The first-order valence-corrected chi connectivity index (χ1v) is 5.33. The van der Waals surface area contributed by atoms with Crippen molar-refractivity contribution in [3.63, 3.8) is 0 Å². The van der Waals surface area contributed by atoms with Crippen LogP contribution in [-0.2, 0) is 4.74 Å². The lowest BCUT2D eigenvalue weighted by molar-refractivity contribution is -0.0735. The average Bonchev–Trinajstić information content (AvgIpc) is 2.17. The number of hydrogen-bond donors (Lipinski definition) is 1. The number of hydrogen-bond acceptors (Lipinski definition) is 2. The molecule has 1 N–H and O–H groups in total. The lowest BCUT2D eigenvalue weighted by Gasteiger charge is -2.33. The van der Waals surface area contributed by atoms with E-state index in [0.29, 0.717) is 0 Å². The van der Waals surface area contributed by atoms with Gasteiger partial charge in [0.2, 0.25) is 0 Å². The molecule has 1 rings (SSSR count). The molecule has 0 bridgehead atoms. The lowest BCUT2D eigenvalue weighted by Crippen LogP contribution is -2.34. The summed E-state index contributed by atoms with van der Waals surface area (Å²) in [7, 11) is 1.53. The number of halogens is 1. The fraction of sp³-hybridized carbons (Fsp3) is 0.538. The first-order chi connectivity index (χ1) is 7.38. The Hall–Kier alpha value is -0.930. The Balaban J connectivity index is 3.01. The summed E-state index contributed by atoms with van der Waals surface area (Å²) in [5.74, 6) is -0.402. The molecular formula is C13H19FO2. The van der Waals surface area contributed by atoms with Crippen LogP contribution in [0, 0.1) is 11.2 Å². The predicted molar refractivity (Wildman–Crippen MR) is 61.6 cm³/mol. The summed E-state index contributed by atoms with van der Waals surface area (Å²) in [6.45, 7) is 5.85. The topological polar surface area (TPSA) is 29.5 Å². The molecule has 90 valence electrons. The van der Waals surface area contributed by atoms with E-state index in [1.807, 2.05) is 20.8 Å². The van der Waals surface area contributed by atoms with Crippen molar-refractivity contribution < 1.29 is 14.2 Å². The van der Waals surface area contributed by atoms with Gasteiger partial charge in [0.25, 0.3) is 0 Å². The standard InChI is InChI=1S/C13H19FO2/c1-13(2,3)12(16-4)11(15)9-7-5-6-8-10(9)14/h5-8,11-12,15H,1-4H3. The van der Waals surface area contributed by atoms with Gasteiger partial charge >= 0.3 is 0 Å². The van der Waals surface area contributed by atoms with Crippen LogP contribution < -0.4 is 0 Å². The molecule has 2 atom stereocenters. The van der Waals surface area contributed by atoms with Crippen LogP contribution in [0.1, 0.15) is 32.4 Å². The minimum atomic E-state index is -0.953. The zero-order chi connectivity index (χ0) is 12.3. The molecule has 1 aromatic rings. The molecule has 2 unspecified atom stereocenters. The van der Waals surface area contributed by atoms with E-state index < -0.39 is 18.0 Å². The molecule has 0 amide bonds. The Morgan fingerprint density at radius 2 is 1.81 bits per heavy atom. The van der Waals surface area contributed by atoms with E-state index in [1.54, 1.807) is 18.2 Å². The van der Waals surface area contributed by atoms with Crippen LogP contribution in [0.3, 0.4) is 0 Å². The van der Waals surface area contributed by atoms with E-state index in [0.717, 1.165) is 0 Å². The first-order valence-electron chi connectivity index (χ1n) is 5.33. The number of rotatable bonds is 3. The summed E-state index contributed by atoms with van der Waals surface area (Å²) in [6, 6.07) is 6.23. The van der Waals surface area contributed by atoms with Crippen molar-refractivity contribution in [1.29, 1.82) is 0 Å². The zero-order valence-corrected chi connectivity index (χ0v) is 10.2. The molecule has 2 nitrogen and oxygen atoms in total. The van der Waals surface area contributed by atoms with Crippen molar-refractivity contribution >= 4 is 0 Å². The van der Waals surface area contributed by atoms with Gasteiger partial charge in [0, 0.05) is 12.7 Å². The van der Waals surface area contributed by atoms with Gasteiger partial charge in [0.05, 0.1) is 6.10 Å². The second kappa shape index (κ2) is 4.93. The van der Waals surface area contributed by atoms with E-state index in [4.69, 9.17) is 4.74 Å². The van der Waals surface area contributed by atoms with Gasteiger partial charge in [-0.3, -0.25) is 0 Å². The van der Waals surface area contributed by atoms with Gasteiger partial charge in [0.1, 0.15) is 11.9 Å². The fourth-order valence-electron chi connectivity index (χ4n) is 1.83. The van der Waals surface area contributed by atoms with Crippen LogP contribution in [0.5, 0.6) is 0 Å². The van der Waals surface area contributed by atoms with Crippen LogP contribution in [0.15, 0.2) is 24.3 Å². The Labute approximate surface area is 96.1 Å². The normalized spacial score (nSPS) is 15.9. The van der Waals surface area contributed by atoms with E-state index in [2.05, 4.69) is 0 Å². The maximum absolute atomic E-state index is 13.5. The summed E-state index contributed by atoms with van der Waals surface area (Å²) >= 11 is 0. The Morgan fingerprint density at radius 3 is 2.25 bits per heavy atom. The highest BCUT2D eigenvalue weighted by Crippen LogP contribution is 2.33. The second-order valence-corrected chi connectivity index (χ2v) is 4.99. The van der Waals surface area contributed by atoms with Gasteiger partial charge < -0.3 is 9.84 Å². The molecule has 16 heavy (non-hydrogen) atoms. The van der Waals surface area contributed by atoms with Gasteiger partial charge in [-0.2, -0.15) is 0 Å². The van der Waals surface area contributed by atoms with Crippen LogP contribution in [-0.4, -0.2) is 18.3 Å². The molecule has 0 aliphatic heterocycles. The van der Waals surface area contributed by atoms with Gasteiger partial charge in [0.15, 0.2) is 0 Å². The van der Waals surface area contributed by atoms with Gasteiger partial charge in [-0.05, 0) is 11.5 Å². The molecule has 0 aliphatic rings. The minimum absolute atomic E-state index is 0.254. The van der Waals surface area contributed by atoms with Gasteiger partial charge in [-0.1, -0.05) is 39.0 Å². The third-order valence-electron chi connectivity index (χ3n) is 2.62. The average molecular weight is 226 g/mol. The molecule has 0 saturated heterocycles. The van der Waals surface area contributed by atoms with E-state index in [1.165, 1.54) is 13.2 Å². The molecule has 0 fully saturated rings. The minimum Gasteiger partial charge on any atom is -0.386 e. The SMILES string of the molecule is COC(C(O)c1ccccc1F)C(C)(C)C. The van der Waals surface area contributed by atoms with Crippen molar-refractivity contribution in [2.24, 2.45) is 5.41 Å². The van der Waals surface area contributed by atoms with Crippen LogP contribution in [0.4, 0.5) is 4.39 Å². The monoisotopic (exact) mass is 226 g/mol. The third-order valence-corrected chi connectivity index (χ3v) is 2.62. The van der Waals surface area contributed by atoms with E-state index in [-0.39, 0.29) is 11.0 Å². The van der Waals surface area contributed by atoms with Gasteiger partial charge in [-0.25, -0.2) is 4.39 Å². The third kappa shape index (κ3) is 2.80. The molecule has 0 spiro atoms. The summed E-state index contributed by atoms with van der Waals surface area (Å²) in [5.41, 5.74) is 0.0282. The maximum Gasteiger partial charge on any atom is 0.129 e. The predicted octanol–water partition coefficient (Wildman–Crippen LogP) is 2.92. The number of aliphatic hydroxyl groups excluding tert-OH is 1. The lowest BCUT2D eigenvalue weighted by atomic mass is 9.83. The molecule has 0 saturated carbocycles. The highest BCUT2D eigenvalue weighted by Gasteiger charge is 2.33. The number of benzene rings is 1. The van der Waals surface area contributed by atoms with E-state index in [9.17, 15) is 9.50 Å². The summed E-state index contributed by atoms with van der Waals surface area (Å²) < 4.78 is 18.8. The zero-order valence-electron chi connectivity index (χ0n) is 10.2. The van der Waals surface area contributed by atoms with Crippen LogP contribution in [0.2, 0.25) is 0 Å². The van der Waals surface area contributed by atoms with Crippen molar-refractivity contribution in [2.75, 3.05) is 7.11 Å². The summed E-state index contributed by atoms with van der Waals surface area (Å²) in [6.07, 6.45) is -1.39. The molecule has 0 aliphatic carbocycles. The van der Waals surface area contributed by atoms with Crippen molar-refractivity contribution in [3.05, 3.63) is 35.6 Å². The van der Waals surface area contributed by atoms with Gasteiger partial charge in [-0.15, -0.1) is 0 Å². The van der Waals surface area contributed by atoms with Crippen molar-refractivity contribution in [1.82, 2.24) is 0 Å².